The Balaban J connectivity index is 0.671. The van der Waals surface area contributed by atoms with Gasteiger partial charge in [-0.2, -0.15) is 0 Å². The van der Waals surface area contributed by atoms with Crippen LogP contribution < -0.4 is 40.7 Å². The fourth-order valence-electron chi connectivity index (χ4n) is 15.2. The number of hydrogen-bond acceptors (Lipinski definition) is 14. The van der Waals surface area contributed by atoms with Crippen molar-refractivity contribution < 1.29 is 76.3 Å². The van der Waals surface area contributed by atoms with Gasteiger partial charge in [0.25, 0.3) is 11.8 Å². The van der Waals surface area contributed by atoms with Gasteiger partial charge in [0.15, 0.2) is 17.3 Å². The monoisotopic (exact) mass is 1400 g/mol. The smallest absolute Gasteiger partial charge is 0.445 e. The van der Waals surface area contributed by atoms with Crippen LogP contribution in [0.15, 0.2) is 60.9 Å². The number of rotatable bonds is 29. The minimum atomic E-state index is -5.00. The summed E-state index contributed by atoms with van der Waals surface area (Å²) in [5, 5.41) is 9.62. The first-order valence-electron chi connectivity index (χ1n) is 32.5. The Morgan fingerprint density at radius 3 is 1.87 bits per heavy atom. The summed E-state index contributed by atoms with van der Waals surface area (Å²) >= 11 is 13.3. The van der Waals surface area contributed by atoms with Crippen LogP contribution in [0.5, 0.6) is 11.5 Å². The number of ketones is 1. The number of amides is 10. The Kier molecular flexibility index (Phi) is 19.8. The number of aromatic nitrogens is 2. The number of phosphoric acid groups is 1. The Morgan fingerprint density at radius 2 is 1.33 bits per heavy atom. The number of hydrogen-bond donors (Lipinski definition) is 8. The standard InChI is InChI=1S/C67H80Cl2N11O16P/c1-36(2)56(75-49(82)12-8-7-9-20-78-50(83)17-18-51(78)84)46(81)23-40(11-10-19-71-62(70)88)59(85)74-43-15-13-39(14-16-43)32-94-63(89)76(5)21-22-77(6)64(90)95-47-24-44-54(52-37(3)28-72-57(47)52)41(26-68)30-79(44)60(86)65-33-66(35-67(65,66)34-65)61(87)80-31-42(27-69)55-45(80)25-48(96-97(91,92)93)58-53(55)38(4)29-73-58/h13-18,24-25,28-29,36,40-42,56,72-73H,7-12,19-23,26-27,30-35H2,1-6H3,(H,74,85)(H,75,82)(H3,70,71,88)(H2,91,92,93). The van der Waals surface area contributed by atoms with Gasteiger partial charge < -0.3 is 65.2 Å². The number of anilines is 3. The van der Waals surface area contributed by atoms with Crippen LogP contribution >= 0.6 is 31.0 Å². The number of nitrogens with two attached hydrogens (primary N) is 1. The van der Waals surface area contributed by atoms with Crippen molar-refractivity contribution in [1.29, 1.82) is 0 Å². The lowest BCUT2D eigenvalue weighted by Gasteiger charge is -2.37. The van der Waals surface area contributed by atoms with Gasteiger partial charge in [0.2, 0.25) is 23.6 Å². The minimum absolute atomic E-state index is 0.0321. The van der Waals surface area contributed by atoms with Crippen molar-refractivity contribution in [3.63, 3.8) is 0 Å². The fourth-order valence-corrected chi connectivity index (χ4v) is 16.1. The van der Waals surface area contributed by atoms with Crippen LogP contribution in [-0.2, 0) is 49.5 Å². The molecule has 5 aromatic rings. The first kappa shape index (κ1) is 69.8. The Morgan fingerprint density at radius 1 is 0.773 bits per heavy atom. The molecule has 2 aromatic heterocycles. The number of phosphoric ester groups is 1. The van der Waals surface area contributed by atoms with E-state index in [1.54, 1.807) is 66.4 Å². The number of carbonyl (C=O) groups is 10. The highest BCUT2D eigenvalue weighted by Gasteiger charge is 3.01. The number of carbonyl (C=O) groups excluding carboxylic acids is 10. The molecule has 7 atom stereocenters. The molecule has 3 aromatic carbocycles. The molecule has 11 rings (SSSR count). The summed E-state index contributed by atoms with van der Waals surface area (Å²) in [4.78, 5) is 166. The highest BCUT2D eigenvalue weighted by Crippen LogP contribution is 3.01. The van der Waals surface area contributed by atoms with Gasteiger partial charge in [-0.15, -0.1) is 23.2 Å². The van der Waals surface area contributed by atoms with Gasteiger partial charge in [-0.05, 0) is 105 Å². The van der Waals surface area contributed by atoms with E-state index in [1.807, 2.05) is 13.8 Å². The quantitative estimate of drug-likeness (QED) is 0.00966. The van der Waals surface area contributed by atoms with Crippen LogP contribution in [0.4, 0.5) is 31.4 Å². The van der Waals surface area contributed by atoms with Crippen molar-refractivity contribution >= 4 is 129 Å². The van der Waals surface area contributed by atoms with Crippen molar-refractivity contribution in [2.45, 2.75) is 116 Å². The van der Waals surface area contributed by atoms with E-state index < -0.39 is 60.2 Å². The fraction of sp³-hybridized carbons (Fsp3) is 0.493. The van der Waals surface area contributed by atoms with E-state index in [1.165, 1.54) is 42.1 Å². The van der Waals surface area contributed by atoms with E-state index >= 15 is 4.79 Å². The zero-order valence-corrected chi connectivity index (χ0v) is 57.1. The van der Waals surface area contributed by atoms with E-state index in [2.05, 4.69) is 25.9 Å². The molecule has 9 N–H and O–H groups in total. The molecular formula is C67H80Cl2N11O16P. The third-order valence-corrected chi connectivity index (χ3v) is 21.5. The number of aryl methyl sites for hydroxylation is 2. The number of primary amides is 1. The van der Waals surface area contributed by atoms with E-state index in [9.17, 15) is 57.5 Å². The van der Waals surface area contributed by atoms with Crippen molar-refractivity contribution in [2.75, 3.05) is 80.2 Å². The van der Waals surface area contributed by atoms with Crippen molar-refractivity contribution in [3.8, 4) is 11.5 Å². The van der Waals surface area contributed by atoms with E-state index in [4.69, 9.17) is 42.9 Å². The second-order valence-electron chi connectivity index (χ2n) is 27.0. The number of nitrogens with zero attached hydrogens (tertiary/aromatic N) is 5. The maximum atomic E-state index is 15.2. The van der Waals surface area contributed by atoms with E-state index in [0.717, 1.165) is 32.5 Å². The summed E-state index contributed by atoms with van der Waals surface area (Å²) in [5.74, 6) is -3.45. The predicted octanol–water partition coefficient (Wildman–Crippen LogP) is 8.23. The molecule has 27 nitrogen and oxygen atoms in total. The number of likely N-dealkylation sites (N-methyl/N-ethyl adjacent to an activating group) is 2. The summed E-state index contributed by atoms with van der Waals surface area (Å²) in [6, 6.07) is 8.09. The molecule has 30 heteroatoms. The number of H-pyrrole nitrogens is 2. The third kappa shape index (κ3) is 13.4. The average molecular weight is 1400 g/mol. The van der Waals surface area contributed by atoms with Gasteiger partial charge in [0.1, 0.15) is 6.61 Å². The molecule has 6 aliphatic rings. The molecule has 7 unspecified atom stereocenters. The average Bonchev–Trinajstić information content (AvgIpc) is 1.40. The highest BCUT2D eigenvalue weighted by molar-refractivity contribution is 7.46. The van der Waals surface area contributed by atoms with Crippen LogP contribution in [0.25, 0.3) is 21.8 Å². The molecule has 10 amide bonds. The second kappa shape index (κ2) is 27.4. The molecule has 3 saturated carbocycles. The number of urea groups is 1. The number of halogens is 2. The van der Waals surface area contributed by atoms with Crippen LogP contribution in [0.1, 0.15) is 118 Å². The topological polar surface area (TPSA) is 366 Å². The van der Waals surface area contributed by atoms with Crippen LogP contribution in [0.2, 0.25) is 0 Å². The number of alkyl halides is 2. The number of nitrogens with one attached hydrogen (secondary N) is 5. The lowest BCUT2D eigenvalue weighted by molar-refractivity contribution is -0.137. The van der Waals surface area contributed by atoms with Crippen molar-refractivity contribution in [1.82, 2.24) is 35.3 Å². The third-order valence-electron chi connectivity index (χ3n) is 20.3. The van der Waals surface area contributed by atoms with E-state index in [0.29, 0.717) is 84.0 Å². The van der Waals surface area contributed by atoms with Gasteiger partial charge in [-0.25, -0.2) is 18.9 Å². The summed E-state index contributed by atoms with van der Waals surface area (Å²) in [7, 11) is -1.96. The summed E-state index contributed by atoms with van der Waals surface area (Å²) < 4.78 is 29.0. The maximum Gasteiger partial charge on any atom is 0.524 e. The summed E-state index contributed by atoms with van der Waals surface area (Å²) in [6.07, 6.45) is 7.82. The van der Waals surface area contributed by atoms with Crippen molar-refractivity contribution in [2.24, 2.45) is 33.8 Å². The molecular weight excluding hydrogens is 1320 g/mol. The Bertz CT molecular complexity index is 4120. The molecule has 3 aliphatic heterocycles. The normalized spacial score (nSPS) is 21.5. The number of fused-ring (bicyclic) bond motifs is 6. The minimum Gasteiger partial charge on any atom is -0.445 e. The number of aromatic amines is 2. The van der Waals surface area contributed by atoms with Gasteiger partial charge >= 0.3 is 26.0 Å². The molecule has 97 heavy (non-hydrogen) atoms. The molecule has 518 valence electrons. The second-order valence-corrected chi connectivity index (χ2v) is 28.7. The first-order chi connectivity index (χ1) is 46.1. The summed E-state index contributed by atoms with van der Waals surface area (Å²) in [6.45, 7) is 8.19. The van der Waals surface area contributed by atoms with Gasteiger partial charge in [0, 0.05) is 154 Å². The molecule has 1 spiro atoms. The Hall–Kier alpha value is -8.49. The molecule has 3 aliphatic carbocycles. The molecule has 5 heterocycles. The number of benzene rings is 3. The van der Waals surface area contributed by atoms with Gasteiger partial charge in [-0.3, -0.25) is 48.2 Å². The largest absolute Gasteiger partial charge is 0.524 e. The van der Waals surface area contributed by atoms with E-state index in [-0.39, 0.29) is 141 Å². The number of Topliss-reactive ketones (excluding diaryl/α,β-unsaturated/α-hetero) is 1. The van der Waals surface area contributed by atoms with Crippen molar-refractivity contribution in [3.05, 3.63) is 88.8 Å². The SMILES string of the molecule is Cc1c[nH]c2c(OC(=O)N(C)CCN(C)C(=O)OCc3ccc(NC(=O)C(CCCNC(N)=O)CC(=O)C(NC(=O)CCCCCN4C(=O)C=CC4=O)C(C)C)cc3)cc3c(c12)C(CCl)CN3C(=O)C12CC3(C(=O)N4CC(CCl)c5c4cc(OP(=O)(O)O)c4[nH]cc(C)c54)CC13C2. The molecule has 0 bridgehead atoms. The molecule has 3 fully saturated rings. The molecule has 0 radical (unpaired) electrons. The zero-order valence-electron chi connectivity index (χ0n) is 54.7. The predicted molar refractivity (Wildman–Crippen MR) is 359 cm³/mol. The van der Waals surface area contributed by atoms with Crippen LogP contribution in [0, 0.1) is 41.9 Å². The van der Waals surface area contributed by atoms with Gasteiger partial charge in [-0.1, -0.05) is 32.4 Å². The maximum absolute atomic E-state index is 15.2. The summed E-state index contributed by atoms with van der Waals surface area (Å²) in [5.41, 5.74) is 9.23. The lowest BCUT2D eigenvalue weighted by Crippen LogP contribution is -2.49. The number of unbranched alkanes of at least 4 members (excludes halogenated alkanes) is 2. The van der Waals surface area contributed by atoms with Crippen LogP contribution in [-0.4, -0.2) is 165 Å². The molecule has 0 saturated heterocycles. The Labute approximate surface area is 569 Å². The zero-order chi connectivity index (χ0) is 69.8. The lowest BCUT2D eigenvalue weighted by atomic mass is 9.72. The number of ether oxygens (including phenoxy) is 2. The highest BCUT2D eigenvalue weighted by atomic mass is 35.5. The van der Waals surface area contributed by atoms with Gasteiger partial charge in [0.05, 0.1) is 39.3 Å². The first-order valence-corrected chi connectivity index (χ1v) is 35.1. The van der Waals surface area contributed by atoms with Crippen LogP contribution in [0.3, 0.4) is 0 Å². The number of imide groups is 1.